The van der Waals surface area contributed by atoms with E-state index in [0.717, 1.165) is 16.6 Å². The van der Waals surface area contributed by atoms with Gasteiger partial charge in [0.15, 0.2) is 10.3 Å². The highest BCUT2D eigenvalue weighted by Crippen LogP contribution is 2.17. The monoisotopic (exact) mass is 441 g/mol. The second-order valence-corrected chi connectivity index (χ2v) is 7.52. The number of nitrogens with two attached hydrogens (primary N) is 2. The van der Waals surface area contributed by atoms with Crippen LogP contribution < -0.4 is 11.5 Å². The second-order valence-electron chi connectivity index (χ2n) is 5.06. The number of carbonyl (C=O) groups is 2. The number of hydrogen-bond acceptors (Lipinski definition) is 11. The molecule has 2 aromatic rings. The van der Waals surface area contributed by atoms with Gasteiger partial charge in [0, 0.05) is 19.4 Å². The summed E-state index contributed by atoms with van der Waals surface area (Å²) < 4.78 is 0. The normalized spacial score (nSPS) is 10.1. The molecule has 0 spiro atoms. The van der Waals surface area contributed by atoms with Crippen molar-refractivity contribution in [1.82, 2.24) is 25.0 Å². The van der Waals surface area contributed by atoms with Crippen LogP contribution in [0.25, 0.3) is 0 Å². The molecule has 2 aromatic heterocycles. The third kappa shape index (κ3) is 7.36. The Morgan fingerprint density at radius 2 is 1.48 bits per heavy atom. The van der Waals surface area contributed by atoms with Crippen molar-refractivity contribution in [1.29, 1.82) is 0 Å². The minimum absolute atomic E-state index is 0.0125. The lowest BCUT2D eigenvalue weighted by Crippen LogP contribution is -2.26. The summed E-state index contributed by atoms with van der Waals surface area (Å²) in [5.41, 5.74) is 11.3. The zero-order valence-electron chi connectivity index (χ0n) is 16.4. The van der Waals surface area contributed by atoms with E-state index in [1.807, 2.05) is 13.8 Å². The van der Waals surface area contributed by atoms with Crippen molar-refractivity contribution in [2.75, 3.05) is 37.1 Å². The van der Waals surface area contributed by atoms with Crippen LogP contribution in [-0.2, 0) is 4.84 Å². The number of carboxylic acid groups (broad SMARTS) is 1. The lowest BCUT2D eigenvalue weighted by atomic mass is 10.3. The number of hydrogen-bond donors (Lipinski definition) is 3. The van der Waals surface area contributed by atoms with E-state index in [1.54, 1.807) is 0 Å². The van der Waals surface area contributed by atoms with E-state index in [1.165, 1.54) is 50.1 Å². The van der Waals surface area contributed by atoms with Crippen LogP contribution in [0.5, 0.6) is 0 Å². The fraction of sp³-hybridized carbons (Fsp3) is 0.375. The van der Waals surface area contributed by atoms with E-state index < -0.39 is 5.97 Å². The first-order valence-corrected chi connectivity index (χ1v) is 10.3. The number of thioether (sulfide) groups is 2. The van der Waals surface area contributed by atoms with Gasteiger partial charge in [-0.2, -0.15) is 0 Å². The number of nitrogens with zero attached hydrogens (tertiary/aromatic N) is 5. The van der Waals surface area contributed by atoms with Crippen LogP contribution in [0.2, 0.25) is 0 Å². The highest BCUT2D eigenvalue weighted by atomic mass is 32.2. The predicted molar refractivity (Wildman–Crippen MR) is 112 cm³/mol. The number of anilines is 2. The summed E-state index contributed by atoms with van der Waals surface area (Å²) in [6.45, 7) is 3.94. The molecule has 0 unspecified atom stereocenters. The minimum atomic E-state index is -1.11. The Hall–Kier alpha value is -2.64. The van der Waals surface area contributed by atoms with E-state index in [-0.39, 0.29) is 28.7 Å². The molecule has 0 aromatic carbocycles. The number of carboxylic acids is 1. The molecular weight excluding hydrogens is 418 g/mol. The zero-order valence-corrected chi connectivity index (χ0v) is 18.1. The SMILES string of the molecule is CCSc1ncc(C(=O)N(C)OC)c(N)n1.CCSc1ncc(C(=O)O)c(N)n1. The number of nitrogen functional groups attached to an aromatic ring is 2. The molecule has 29 heavy (non-hydrogen) atoms. The maximum atomic E-state index is 11.7. The summed E-state index contributed by atoms with van der Waals surface area (Å²) in [6, 6.07) is 0. The van der Waals surface area contributed by atoms with Gasteiger partial charge >= 0.3 is 5.97 Å². The maximum absolute atomic E-state index is 11.7. The summed E-state index contributed by atoms with van der Waals surface area (Å²) in [5, 5.41) is 10.8. The largest absolute Gasteiger partial charge is 0.477 e. The Kier molecular flexibility index (Phi) is 10.1. The molecule has 0 aliphatic heterocycles. The molecule has 0 fully saturated rings. The Labute approximate surface area is 176 Å². The van der Waals surface area contributed by atoms with E-state index >= 15 is 0 Å². The highest BCUT2D eigenvalue weighted by molar-refractivity contribution is 7.99. The molecule has 158 valence electrons. The number of hydroxylamine groups is 2. The molecule has 13 heteroatoms. The van der Waals surface area contributed by atoms with Gasteiger partial charge in [-0.1, -0.05) is 37.4 Å². The quantitative estimate of drug-likeness (QED) is 0.323. The molecule has 0 aliphatic carbocycles. The van der Waals surface area contributed by atoms with Gasteiger partial charge in [-0.05, 0) is 11.5 Å². The summed E-state index contributed by atoms with van der Waals surface area (Å²) in [6.07, 6.45) is 2.64. The highest BCUT2D eigenvalue weighted by Gasteiger charge is 2.16. The lowest BCUT2D eigenvalue weighted by molar-refractivity contribution is -0.0756. The molecule has 1 amide bonds. The van der Waals surface area contributed by atoms with Crippen molar-refractivity contribution in [3.8, 4) is 0 Å². The Morgan fingerprint density at radius 3 is 1.83 bits per heavy atom. The van der Waals surface area contributed by atoms with Crippen LogP contribution in [0.3, 0.4) is 0 Å². The number of aromatic nitrogens is 4. The number of aromatic carboxylic acids is 1. The van der Waals surface area contributed by atoms with Gasteiger partial charge in [-0.3, -0.25) is 9.63 Å². The van der Waals surface area contributed by atoms with E-state index in [9.17, 15) is 9.59 Å². The van der Waals surface area contributed by atoms with Crippen LogP contribution in [-0.4, -0.2) is 67.6 Å². The molecular formula is C16H23N7O4S2. The predicted octanol–water partition coefficient (Wildman–Crippen LogP) is 1.67. The average molecular weight is 442 g/mol. The third-order valence-corrected chi connectivity index (χ3v) is 4.65. The van der Waals surface area contributed by atoms with Crippen LogP contribution in [0.1, 0.15) is 34.6 Å². The van der Waals surface area contributed by atoms with Gasteiger partial charge in [0.05, 0.1) is 7.11 Å². The third-order valence-electron chi connectivity index (χ3n) is 3.16. The maximum Gasteiger partial charge on any atom is 0.341 e. The smallest absolute Gasteiger partial charge is 0.341 e. The number of carbonyl (C=O) groups excluding carboxylic acids is 1. The average Bonchev–Trinajstić information content (AvgIpc) is 2.68. The molecule has 0 bridgehead atoms. The van der Waals surface area contributed by atoms with Crippen molar-refractivity contribution < 1.29 is 19.5 Å². The molecule has 0 atom stereocenters. The van der Waals surface area contributed by atoms with E-state index in [0.29, 0.717) is 10.3 Å². The molecule has 0 radical (unpaired) electrons. The van der Waals surface area contributed by atoms with Gasteiger partial charge in [0.2, 0.25) is 0 Å². The summed E-state index contributed by atoms with van der Waals surface area (Å²) >= 11 is 2.88. The fourth-order valence-electron chi connectivity index (χ4n) is 1.74. The Balaban J connectivity index is 0.000000296. The van der Waals surface area contributed by atoms with Crippen LogP contribution in [0.4, 0.5) is 11.6 Å². The van der Waals surface area contributed by atoms with E-state index in [2.05, 4.69) is 19.9 Å². The summed E-state index contributed by atoms with van der Waals surface area (Å²) in [7, 11) is 2.90. The number of amides is 1. The zero-order chi connectivity index (χ0) is 22.0. The standard InChI is InChI=1S/C9H14N4O2S.C7H9N3O2S/c1-4-16-9-11-5-6(7(10)12-9)8(14)13(2)15-3;1-2-13-7-9-3-4(6(11)12)5(8)10-7/h5H,4H2,1-3H3,(H2,10,11,12);3H,2H2,1H3,(H,11,12)(H2,8,9,10). The van der Waals surface area contributed by atoms with Crippen molar-refractivity contribution in [3.05, 3.63) is 23.5 Å². The van der Waals surface area contributed by atoms with Crippen molar-refractivity contribution in [2.45, 2.75) is 24.2 Å². The fourth-order valence-corrected chi connectivity index (χ4v) is 2.83. The minimum Gasteiger partial charge on any atom is -0.477 e. The topological polar surface area (TPSA) is 170 Å². The lowest BCUT2D eigenvalue weighted by Gasteiger charge is -2.14. The number of rotatable bonds is 7. The summed E-state index contributed by atoms with van der Waals surface area (Å²) in [5.74, 6) is 0.383. The van der Waals surface area contributed by atoms with Gasteiger partial charge in [0.1, 0.15) is 22.8 Å². The molecule has 2 heterocycles. The van der Waals surface area contributed by atoms with Gasteiger partial charge in [-0.15, -0.1) is 0 Å². The Morgan fingerprint density at radius 1 is 1.03 bits per heavy atom. The first kappa shape index (κ1) is 24.4. The van der Waals surface area contributed by atoms with Gasteiger partial charge in [0.25, 0.3) is 5.91 Å². The second kappa shape index (κ2) is 12.0. The van der Waals surface area contributed by atoms with E-state index in [4.69, 9.17) is 21.4 Å². The van der Waals surface area contributed by atoms with Gasteiger partial charge in [-0.25, -0.2) is 29.8 Å². The molecule has 0 aliphatic rings. The van der Waals surface area contributed by atoms with Crippen LogP contribution in [0, 0.1) is 0 Å². The first-order valence-electron chi connectivity index (χ1n) is 8.31. The molecule has 0 saturated carbocycles. The molecule has 11 nitrogen and oxygen atoms in total. The van der Waals surface area contributed by atoms with Crippen LogP contribution >= 0.6 is 23.5 Å². The van der Waals surface area contributed by atoms with Crippen LogP contribution in [0.15, 0.2) is 22.7 Å². The van der Waals surface area contributed by atoms with Crippen molar-refractivity contribution >= 4 is 47.0 Å². The van der Waals surface area contributed by atoms with Gasteiger partial charge < -0.3 is 16.6 Å². The van der Waals surface area contributed by atoms with Crippen molar-refractivity contribution in [3.63, 3.8) is 0 Å². The first-order chi connectivity index (χ1) is 13.7. The molecule has 5 N–H and O–H groups in total. The molecule has 2 rings (SSSR count). The Bertz CT molecular complexity index is 854. The molecule has 0 saturated heterocycles. The van der Waals surface area contributed by atoms with Crippen molar-refractivity contribution in [2.24, 2.45) is 0 Å². The summed E-state index contributed by atoms with van der Waals surface area (Å²) in [4.78, 5) is 42.7.